The zero-order valence-corrected chi connectivity index (χ0v) is 14.4. The summed E-state index contributed by atoms with van der Waals surface area (Å²) >= 11 is 0. The highest BCUT2D eigenvalue weighted by Crippen LogP contribution is 2.19. The van der Waals surface area contributed by atoms with Crippen LogP contribution in [0.2, 0.25) is 0 Å². The highest BCUT2D eigenvalue weighted by molar-refractivity contribution is 7.89. The summed E-state index contributed by atoms with van der Waals surface area (Å²) in [5, 5.41) is 3.32. The topological polar surface area (TPSA) is 49.4 Å². The van der Waals surface area contributed by atoms with Gasteiger partial charge in [0.25, 0.3) is 0 Å². The van der Waals surface area contributed by atoms with Crippen molar-refractivity contribution in [3.8, 4) is 0 Å². The van der Waals surface area contributed by atoms with Gasteiger partial charge < -0.3 is 5.32 Å². The van der Waals surface area contributed by atoms with Crippen LogP contribution >= 0.6 is 0 Å². The SMILES string of the molecule is CCCCN(CC)S(=O)(=O)c1ccc(C(C)NCC)cc1. The fourth-order valence-corrected chi connectivity index (χ4v) is 3.77. The summed E-state index contributed by atoms with van der Waals surface area (Å²) in [6.07, 6.45) is 1.88. The zero-order valence-electron chi connectivity index (χ0n) is 13.6. The summed E-state index contributed by atoms with van der Waals surface area (Å²) in [7, 11) is -3.37. The number of sulfonamides is 1. The van der Waals surface area contributed by atoms with E-state index in [0.717, 1.165) is 24.9 Å². The minimum Gasteiger partial charge on any atom is -0.310 e. The minimum atomic E-state index is -3.37. The molecular formula is C16H28N2O2S. The average molecular weight is 312 g/mol. The number of unbranched alkanes of at least 4 members (excludes halogenated alkanes) is 1. The van der Waals surface area contributed by atoms with E-state index >= 15 is 0 Å². The molecule has 0 amide bonds. The van der Waals surface area contributed by atoms with Crippen LogP contribution in [0.3, 0.4) is 0 Å². The number of nitrogens with one attached hydrogen (secondary N) is 1. The van der Waals surface area contributed by atoms with Crippen LogP contribution < -0.4 is 5.32 Å². The Morgan fingerprint density at radius 1 is 1.14 bits per heavy atom. The second-order valence-electron chi connectivity index (χ2n) is 5.20. The normalized spacial score (nSPS) is 13.6. The highest BCUT2D eigenvalue weighted by Gasteiger charge is 2.22. The largest absolute Gasteiger partial charge is 0.310 e. The summed E-state index contributed by atoms with van der Waals surface area (Å²) in [6, 6.07) is 7.45. The Morgan fingerprint density at radius 2 is 1.76 bits per heavy atom. The molecule has 0 heterocycles. The van der Waals surface area contributed by atoms with E-state index in [2.05, 4.69) is 26.1 Å². The fourth-order valence-electron chi connectivity index (χ4n) is 2.28. The summed E-state index contributed by atoms with van der Waals surface area (Å²) < 4.78 is 26.7. The van der Waals surface area contributed by atoms with Crippen LogP contribution in [0.25, 0.3) is 0 Å². The predicted octanol–water partition coefficient (Wildman–Crippen LogP) is 3.17. The molecule has 0 aliphatic carbocycles. The maximum absolute atomic E-state index is 12.6. The van der Waals surface area contributed by atoms with Crippen molar-refractivity contribution in [3.05, 3.63) is 29.8 Å². The maximum Gasteiger partial charge on any atom is 0.243 e. The summed E-state index contributed by atoms with van der Waals surface area (Å²) in [5.41, 5.74) is 1.10. The molecule has 0 aromatic heterocycles. The summed E-state index contributed by atoms with van der Waals surface area (Å²) in [5.74, 6) is 0. The molecule has 1 N–H and O–H groups in total. The lowest BCUT2D eigenvalue weighted by Crippen LogP contribution is -2.31. The van der Waals surface area contributed by atoms with Gasteiger partial charge in [-0.25, -0.2) is 8.42 Å². The molecule has 5 heteroatoms. The van der Waals surface area contributed by atoms with Crippen molar-refractivity contribution in [1.82, 2.24) is 9.62 Å². The Balaban J connectivity index is 2.93. The van der Waals surface area contributed by atoms with E-state index in [1.807, 2.05) is 19.1 Å². The van der Waals surface area contributed by atoms with Crippen LogP contribution in [0.5, 0.6) is 0 Å². The molecule has 0 saturated heterocycles. The van der Waals surface area contributed by atoms with Crippen LogP contribution in [0.4, 0.5) is 0 Å². The first-order valence-corrected chi connectivity index (χ1v) is 9.24. The van der Waals surface area contributed by atoms with E-state index in [-0.39, 0.29) is 6.04 Å². The molecule has 0 fully saturated rings. The van der Waals surface area contributed by atoms with E-state index in [0.29, 0.717) is 18.0 Å². The van der Waals surface area contributed by atoms with Crippen molar-refractivity contribution in [2.24, 2.45) is 0 Å². The number of benzene rings is 1. The van der Waals surface area contributed by atoms with Crippen molar-refractivity contribution < 1.29 is 8.42 Å². The Kier molecular flexibility index (Phi) is 7.35. The second kappa shape index (κ2) is 8.51. The smallest absolute Gasteiger partial charge is 0.243 e. The van der Waals surface area contributed by atoms with Gasteiger partial charge >= 0.3 is 0 Å². The van der Waals surface area contributed by atoms with E-state index < -0.39 is 10.0 Å². The van der Waals surface area contributed by atoms with Crippen LogP contribution in [-0.2, 0) is 10.0 Å². The van der Waals surface area contributed by atoms with Crippen molar-refractivity contribution in [3.63, 3.8) is 0 Å². The summed E-state index contributed by atoms with van der Waals surface area (Å²) in [6.45, 7) is 10.1. The van der Waals surface area contributed by atoms with Gasteiger partial charge in [-0.2, -0.15) is 4.31 Å². The summed E-state index contributed by atoms with van der Waals surface area (Å²) in [4.78, 5) is 0.382. The van der Waals surface area contributed by atoms with Gasteiger partial charge in [0, 0.05) is 19.1 Å². The first-order valence-electron chi connectivity index (χ1n) is 7.80. The molecule has 4 nitrogen and oxygen atoms in total. The third-order valence-electron chi connectivity index (χ3n) is 3.64. The molecule has 1 aromatic rings. The fraction of sp³-hybridized carbons (Fsp3) is 0.625. The molecular weight excluding hydrogens is 284 g/mol. The maximum atomic E-state index is 12.6. The van der Waals surface area contributed by atoms with Gasteiger partial charge in [-0.3, -0.25) is 0 Å². The van der Waals surface area contributed by atoms with E-state index in [9.17, 15) is 8.42 Å². The van der Waals surface area contributed by atoms with Crippen LogP contribution in [0, 0.1) is 0 Å². The van der Waals surface area contributed by atoms with Crippen molar-refractivity contribution in [2.45, 2.75) is 51.5 Å². The lowest BCUT2D eigenvalue weighted by Gasteiger charge is -2.21. The molecule has 0 radical (unpaired) electrons. The monoisotopic (exact) mass is 312 g/mol. The van der Waals surface area contributed by atoms with Gasteiger partial charge in [-0.1, -0.05) is 39.3 Å². The average Bonchev–Trinajstić information content (AvgIpc) is 2.48. The van der Waals surface area contributed by atoms with Gasteiger partial charge in [-0.05, 0) is 37.6 Å². The highest BCUT2D eigenvalue weighted by atomic mass is 32.2. The molecule has 1 atom stereocenters. The second-order valence-corrected chi connectivity index (χ2v) is 7.14. The molecule has 1 aromatic carbocycles. The Bertz CT molecular complexity index is 512. The third kappa shape index (κ3) is 4.80. The molecule has 0 saturated carbocycles. The van der Waals surface area contributed by atoms with E-state index in [1.54, 1.807) is 16.4 Å². The lowest BCUT2D eigenvalue weighted by atomic mass is 10.1. The van der Waals surface area contributed by atoms with Crippen LogP contribution in [0.15, 0.2) is 29.2 Å². The van der Waals surface area contributed by atoms with Crippen molar-refractivity contribution in [1.29, 1.82) is 0 Å². The van der Waals surface area contributed by atoms with E-state index in [4.69, 9.17) is 0 Å². The minimum absolute atomic E-state index is 0.231. The van der Waals surface area contributed by atoms with Gasteiger partial charge in [0.2, 0.25) is 10.0 Å². The molecule has 0 aliphatic rings. The number of hydrogen-bond donors (Lipinski definition) is 1. The molecule has 1 rings (SSSR count). The number of nitrogens with zero attached hydrogens (tertiary/aromatic N) is 1. The zero-order chi connectivity index (χ0) is 15.9. The predicted molar refractivity (Wildman–Crippen MR) is 87.9 cm³/mol. The Labute approximate surface area is 129 Å². The molecule has 0 aliphatic heterocycles. The third-order valence-corrected chi connectivity index (χ3v) is 5.63. The molecule has 21 heavy (non-hydrogen) atoms. The molecule has 0 bridgehead atoms. The Morgan fingerprint density at radius 3 is 2.24 bits per heavy atom. The Hall–Kier alpha value is -0.910. The van der Waals surface area contributed by atoms with Crippen molar-refractivity contribution in [2.75, 3.05) is 19.6 Å². The van der Waals surface area contributed by atoms with Crippen LogP contribution in [-0.4, -0.2) is 32.4 Å². The van der Waals surface area contributed by atoms with Crippen molar-refractivity contribution >= 4 is 10.0 Å². The molecule has 0 spiro atoms. The van der Waals surface area contributed by atoms with Crippen LogP contribution in [0.1, 0.15) is 52.1 Å². The first kappa shape index (κ1) is 18.1. The number of hydrogen-bond acceptors (Lipinski definition) is 3. The van der Waals surface area contributed by atoms with Gasteiger partial charge in [0.15, 0.2) is 0 Å². The quantitative estimate of drug-likeness (QED) is 0.762. The standard InChI is InChI=1S/C16H28N2O2S/c1-5-8-13-18(7-3)21(19,20)16-11-9-15(10-12-16)14(4)17-6-2/h9-12,14,17H,5-8,13H2,1-4H3. The van der Waals surface area contributed by atoms with E-state index in [1.165, 1.54) is 0 Å². The number of rotatable bonds is 9. The molecule has 1 unspecified atom stereocenters. The lowest BCUT2D eigenvalue weighted by molar-refractivity contribution is 0.419. The molecule has 120 valence electrons. The first-order chi connectivity index (χ1) is 9.97. The van der Waals surface area contributed by atoms with Gasteiger partial charge in [-0.15, -0.1) is 0 Å². The van der Waals surface area contributed by atoms with Gasteiger partial charge in [0.1, 0.15) is 0 Å². The van der Waals surface area contributed by atoms with Gasteiger partial charge in [0.05, 0.1) is 4.90 Å².